The minimum Gasteiger partial charge on any atom is -0.362 e. The predicted octanol–water partition coefficient (Wildman–Crippen LogP) is 8.78. The van der Waals surface area contributed by atoms with Crippen LogP contribution in [0.4, 0.5) is 10.7 Å². The van der Waals surface area contributed by atoms with Crippen LogP contribution in [-0.2, 0) is 22.4 Å². The molecule has 0 aliphatic heterocycles. The molecule has 1 aliphatic rings. The van der Waals surface area contributed by atoms with E-state index in [-0.39, 0.29) is 38.3 Å². The third-order valence-corrected chi connectivity index (χ3v) is 7.69. The molecule has 242 valence electrons. The number of nitrogens with one attached hydrogen (secondary N) is 1. The Morgan fingerprint density at radius 3 is 2.27 bits per heavy atom. The average Bonchev–Trinajstić information content (AvgIpc) is 3.56. The maximum Gasteiger partial charge on any atom is 0.233 e. The first-order valence-corrected chi connectivity index (χ1v) is 15.4. The minimum absolute atomic E-state index is 0. The summed E-state index contributed by atoms with van der Waals surface area (Å²) >= 11 is 1.66. The quantitative estimate of drug-likeness (QED) is 0.190. The summed E-state index contributed by atoms with van der Waals surface area (Å²) in [7, 11) is 3.95. The average molecular weight is 623 g/mol. The van der Waals surface area contributed by atoms with Crippen LogP contribution in [0.5, 0.6) is 0 Å². The molecule has 0 atom stereocenters. The second-order valence-corrected chi connectivity index (χ2v) is 12.5. The van der Waals surface area contributed by atoms with Crippen molar-refractivity contribution in [1.82, 2.24) is 19.3 Å². The molecule has 3 aromatic rings. The molecule has 3 heterocycles. The standard InChI is InChI=1S/C15H18N2OS.C9H11N3.C9H17NO.2CH4/c1-10(2)12(18)8-9-17-15-14(16-3)11-6-4-5-7-13(11)19-15;1-7(2)8-3-5-12-6-4-10-9(12)11-8;1-8(2)9(11)6-5-7-10(3)4;;/h8-10,17H,4-7H2,1-2H3;3-7H,1-2H3;5-6,8H,7H2,1-4H3;2*1H4/b9-8+;;6-5+;;. The molecule has 0 saturated carbocycles. The Kier molecular flexibility index (Phi) is 18.7. The maximum atomic E-state index is 11.5. The van der Waals surface area contributed by atoms with E-state index >= 15 is 0 Å². The molecule has 1 N–H and O–H groups in total. The van der Waals surface area contributed by atoms with E-state index < -0.39 is 0 Å². The molecule has 44 heavy (non-hydrogen) atoms. The van der Waals surface area contributed by atoms with Crippen LogP contribution in [0, 0.1) is 18.4 Å². The first-order valence-electron chi connectivity index (χ1n) is 14.6. The van der Waals surface area contributed by atoms with E-state index in [1.165, 1.54) is 23.3 Å². The fraction of sp³-hybridized carbons (Fsp3) is 0.514. The van der Waals surface area contributed by atoms with Crippen molar-refractivity contribution in [2.45, 2.75) is 88.0 Å². The van der Waals surface area contributed by atoms with Crippen LogP contribution in [0.25, 0.3) is 10.6 Å². The Balaban J connectivity index is 0.000000649. The lowest BCUT2D eigenvalue weighted by Gasteiger charge is -2.09. The van der Waals surface area contributed by atoms with Gasteiger partial charge in [-0.05, 0) is 67.9 Å². The molecule has 0 fully saturated rings. The number of imidazole rings is 1. The smallest absolute Gasteiger partial charge is 0.233 e. The van der Waals surface area contributed by atoms with Gasteiger partial charge < -0.3 is 10.2 Å². The summed E-state index contributed by atoms with van der Waals surface area (Å²) < 4.78 is 1.91. The van der Waals surface area contributed by atoms with Crippen molar-refractivity contribution in [1.29, 1.82) is 0 Å². The number of aryl methyl sites for hydroxylation is 1. The van der Waals surface area contributed by atoms with E-state index in [0.29, 0.717) is 5.92 Å². The molecule has 8 nitrogen and oxygen atoms in total. The summed E-state index contributed by atoms with van der Waals surface area (Å²) in [6.45, 7) is 20.0. The molecular weight excluding hydrogens is 568 g/mol. The first kappa shape index (κ1) is 40.4. The lowest BCUT2D eigenvalue weighted by atomic mass is 9.98. The Morgan fingerprint density at radius 1 is 1.05 bits per heavy atom. The first-order chi connectivity index (χ1) is 19.9. The minimum atomic E-state index is 0. The highest BCUT2D eigenvalue weighted by molar-refractivity contribution is 7.17. The van der Waals surface area contributed by atoms with Gasteiger partial charge in [0.15, 0.2) is 11.6 Å². The predicted molar refractivity (Wildman–Crippen MR) is 188 cm³/mol. The van der Waals surface area contributed by atoms with Gasteiger partial charge in [0, 0.05) is 48.9 Å². The molecule has 0 radical (unpaired) electrons. The van der Waals surface area contributed by atoms with Gasteiger partial charge in [-0.3, -0.25) is 14.0 Å². The summed E-state index contributed by atoms with van der Waals surface area (Å²) in [6, 6.07) is 2.03. The van der Waals surface area contributed by atoms with Gasteiger partial charge in [-0.1, -0.05) is 68.9 Å². The molecule has 0 saturated heterocycles. The summed E-state index contributed by atoms with van der Waals surface area (Å²) in [6.07, 6.45) is 16.9. The van der Waals surface area contributed by atoms with E-state index in [1.807, 2.05) is 75.6 Å². The second kappa shape index (κ2) is 20.4. The molecule has 3 aromatic heterocycles. The van der Waals surface area contributed by atoms with Crippen molar-refractivity contribution in [2.24, 2.45) is 11.8 Å². The molecule has 1 aliphatic carbocycles. The van der Waals surface area contributed by atoms with E-state index in [4.69, 9.17) is 6.57 Å². The van der Waals surface area contributed by atoms with Crippen molar-refractivity contribution in [3.05, 3.63) is 76.6 Å². The number of thiophene rings is 1. The lowest BCUT2D eigenvalue weighted by Crippen LogP contribution is -2.11. The third kappa shape index (κ3) is 12.9. The number of hydrogen-bond acceptors (Lipinski definition) is 7. The van der Waals surface area contributed by atoms with Gasteiger partial charge in [-0.2, -0.15) is 0 Å². The van der Waals surface area contributed by atoms with E-state index in [2.05, 4.69) is 34.0 Å². The van der Waals surface area contributed by atoms with E-state index in [9.17, 15) is 9.59 Å². The van der Waals surface area contributed by atoms with Gasteiger partial charge >= 0.3 is 0 Å². The van der Waals surface area contributed by atoms with Gasteiger partial charge in [-0.15, -0.1) is 11.3 Å². The van der Waals surface area contributed by atoms with Crippen molar-refractivity contribution in [3.63, 3.8) is 0 Å². The molecule has 0 spiro atoms. The van der Waals surface area contributed by atoms with Crippen LogP contribution in [0.1, 0.15) is 91.3 Å². The van der Waals surface area contributed by atoms with Crippen molar-refractivity contribution in [3.8, 4) is 0 Å². The van der Waals surface area contributed by atoms with Crippen LogP contribution >= 0.6 is 11.3 Å². The zero-order valence-electron chi connectivity index (χ0n) is 26.3. The normalized spacial score (nSPS) is 12.2. The van der Waals surface area contributed by atoms with Crippen LogP contribution in [0.2, 0.25) is 0 Å². The van der Waals surface area contributed by atoms with Crippen molar-refractivity contribution < 1.29 is 9.59 Å². The molecule has 0 amide bonds. The van der Waals surface area contributed by atoms with E-state index in [1.54, 1.807) is 35.9 Å². The molecule has 0 aromatic carbocycles. The maximum absolute atomic E-state index is 11.5. The summed E-state index contributed by atoms with van der Waals surface area (Å²) in [4.78, 5) is 38.0. The molecular formula is C35H54N6O2S. The number of carbonyl (C=O) groups is 2. The fourth-order valence-corrected chi connectivity index (χ4v) is 5.08. The van der Waals surface area contributed by atoms with Crippen molar-refractivity contribution in [2.75, 3.05) is 26.0 Å². The highest BCUT2D eigenvalue weighted by Crippen LogP contribution is 2.43. The zero-order chi connectivity index (χ0) is 31.2. The third-order valence-electron chi connectivity index (χ3n) is 6.48. The molecule has 0 bridgehead atoms. The lowest BCUT2D eigenvalue weighted by molar-refractivity contribution is -0.118. The number of likely N-dealkylation sites (N-methyl/N-ethyl adjacent to an activating group) is 1. The molecule has 4 rings (SSSR count). The Hall–Kier alpha value is -3.61. The van der Waals surface area contributed by atoms with E-state index in [0.717, 1.165) is 41.5 Å². The summed E-state index contributed by atoms with van der Waals surface area (Å²) in [5, 5.41) is 3.99. The monoisotopic (exact) mass is 622 g/mol. The van der Waals surface area contributed by atoms with Crippen LogP contribution in [0.15, 0.2) is 49.1 Å². The van der Waals surface area contributed by atoms with Gasteiger partial charge in [0.1, 0.15) is 0 Å². The topological polar surface area (TPSA) is 84.0 Å². The van der Waals surface area contributed by atoms with Crippen LogP contribution in [0.3, 0.4) is 0 Å². The number of rotatable bonds is 9. The fourth-order valence-electron chi connectivity index (χ4n) is 3.87. The molecule has 0 unspecified atom stereocenters. The number of carbonyl (C=O) groups excluding carboxylic acids is 2. The number of anilines is 1. The van der Waals surface area contributed by atoms with Gasteiger partial charge in [0.25, 0.3) is 0 Å². The number of allylic oxidation sites excluding steroid dienone is 2. The molecule has 9 heteroatoms. The number of aromatic nitrogens is 3. The van der Waals surface area contributed by atoms with Gasteiger partial charge in [0.05, 0.1) is 11.6 Å². The number of hydrogen-bond donors (Lipinski definition) is 1. The van der Waals surface area contributed by atoms with Crippen LogP contribution in [-0.4, -0.2) is 51.5 Å². The van der Waals surface area contributed by atoms with Gasteiger partial charge in [-0.25, -0.2) is 14.8 Å². The van der Waals surface area contributed by atoms with Crippen molar-refractivity contribution >= 4 is 39.4 Å². The largest absolute Gasteiger partial charge is 0.362 e. The second-order valence-electron chi connectivity index (χ2n) is 11.4. The highest BCUT2D eigenvalue weighted by atomic mass is 32.1. The number of fused-ring (bicyclic) bond motifs is 2. The van der Waals surface area contributed by atoms with Crippen LogP contribution < -0.4 is 5.32 Å². The Bertz CT molecular complexity index is 1410. The summed E-state index contributed by atoms with van der Waals surface area (Å²) in [5.74, 6) is 1.67. The Labute approximate surface area is 270 Å². The number of ketones is 2. The summed E-state index contributed by atoms with van der Waals surface area (Å²) in [5.41, 5.74) is 3.06. The zero-order valence-corrected chi connectivity index (χ0v) is 27.2. The van der Waals surface area contributed by atoms with Gasteiger partial charge in [0.2, 0.25) is 11.5 Å². The highest BCUT2D eigenvalue weighted by Gasteiger charge is 2.20. The Morgan fingerprint density at radius 2 is 1.68 bits per heavy atom. The SMILES string of the molecule is C.C.CC(C)C(=O)/C=C/CN(C)C.CC(C)c1ccn2ccnc2n1.[C-]#[N+]c1c(N/C=C/C(=O)C(C)C)sc2c1CCCC2. The number of nitrogens with zero attached hydrogens (tertiary/aromatic N) is 5.